The van der Waals surface area contributed by atoms with Crippen LogP contribution in [0.15, 0.2) is 24.3 Å². The highest BCUT2D eigenvalue weighted by Gasteiger charge is 2.01. The quantitative estimate of drug-likeness (QED) is 0.396. The molecule has 0 amide bonds. The zero-order chi connectivity index (χ0) is 15.4. The van der Waals surface area contributed by atoms with Crippen molar-refractivity contribution in [3.8, 4) is 5.75 Å². The Morgan fingerprint density at radius 2 is 1.35 bits per heavy atom. The molecule has 0 saturated heterocycles. The molecule has 0 heterocycles. The van der Waals surface area contributed by atoms with Crippen LogP contribution in [0.25, 0.3) is 0 Å². The summed E-state index contributed by atoms with van der Waals surface area (Å²) in [5.41, 5.74) is -0.0159. The number of nitro groups is 1. The molecule has 0 radical (unpaired) electrons. The number of aliphatic hydroxyl groups is 3. The van der Waals surface area contributed by atoms with Crippen LogP contribution in [0.2, 0.25) is 0 Å². The molecule has 0 aliphatic rings. The highest BCUT2D eigenvalue weighted by Crippen LogP contribution is 2.14. The van der Waals surface area contributed by atoms with E-state index in [-0.39, 0.29) is 31.3 Å². The van der Waals surface area contributed by atoms with Gasteiger partial charge in [-0.25, -0.2) is 0 Å². The van der Waals surface area contributed by atoms with Crippen molar-refractivity contribution in [2.24, 2.45) is 0 Å². The molecular weight excluding hydrogens is 268 g/mol. The maximum absolute atomic E-state index is 10.0. The largest absolute Gasteiger partial charge is 0.508 e. The Kier molecular flexibility index (Phi) is 10.2. The molecule has 8 heteroatoms. The van der Waals surface area contributed by atoms with Gasteiger partial charge in [-0.2, -0.15) is 0 Å². The normalized spacial score (nSPS) is 10.0. The van der Waals surface area contributed by atoms with Crippen LogP contribution in [0.1, 0.15) is 0 Å². The van der Waals surface area contributed by atoms with Gasteiger partial charge in [-0.05, 0) is 12.1 Å². The van der Waals surface area contributed by atoms with E-state index in [0.29, 0.717) is 19.6 Å². The summed E-state index contributed by atoms with van der Waals surface area (Å²) in [5, 5.41) is 44.2. The second kappa shape index (κ2) is 11.1. The lowest BCUT2D eigenvalue weighted by Gasteiger charge is -2.17. The number of hydrogen-bond acceptors (Lipinski definition) is 7. The number of rotatable bonds is 7. The van der Waals surface area contributed by atoms with Gasteiger partial charge in [-0.3, -0.25) is 15.0 Å². The van der Waals surface area contributed by atoms with Gasteiger partial charge in [0.25, 0.3) is 5.69 Å². The third-order valence-corrected chi connectivity index (χ3v) is 2.31. The van der Waals surface area contributed by atoms with Crippen LogP contribution in [0.3, 0.4) is 0 Å². The van der Waals surface area contributed by atoms with Gasteiger partial charge in [-0.15, -0.1) is 0 Å². The molecular formula is C12H20N2O6. The van der Waals surface area contributed by atoms with Crippen molar-refractivity contribution in [1.82, 2.24) is 4.90 Å². The minimum atomic E-state index is -0.514. The van der Waals surface area contributed by atoms with Gasteiger partial charge in [0.05, 0.1) is 24.7 Å². The molecule has 0 unspecified atom stereocenters. The predicted molar refractivity (Wildman–Crippen MR) is 72.5 cm³/mol. The average Bonchev–Trinajstić information content (AvgIpc) is 2.41. The third kappa shape index (κ3) is 8.38. The van der Waals surface area contributed by atoms with E-state index >= 15 is 0 Å². The van der Waals surface area contributed by atoms with Crippen LogP contribution in [-0.2, 0) is 0 Å². The Morgan fingerprint density at radius 1 is 0.950 bits per heavy atom. The van der Waals surface area contributed by atoms with E-state index in [1.165, 1.54) is 24.3 Å². The summed E-state index contributed by atoms with van der Waals surface area (Å²) in [6.07, 6.45) is 0. The van der Waals surface area contributed by atoms with Gasteiger partial charge in [0.15, 0.2) is 0 Å². The Labute approximate surface area is 116 Å². The Bertz CT molecular complexity index is 356. The molecule has 8 nitrogen and oxygen atoms in total. The lowest BCUT2D eigenvalue weighted by Crippen LogP contribution is -2.32. The number of aliphatic hydroxyl groups excluding tert-OH is 3. The number of non-ortho nitro benzene ring substituents is 1. The van der Waals surface area contributed by atoms with E-state index in [0.717, 1.165) is 0 Å². The highest BCUT2D eigenvalue weighted by atomic mass is 16.6. The fourth-order valence-corrected chi connectivity index (χ4v) is 1.33. The molecule has 0 aliphatic heterocycles. The van der Waals surface area contributed by atoms with Crippen LogP contribution in [-0.4, -0.2) is 69.7 Å². The number of aromatic hydroxyl groups is 1. The summed E-state index contributed by atoms with van der Waals surface area (Å²) in [4.78, 5) is 11.3. The van der Waals surface area contributed by atoms with Crippen LogP contribution in [0.5, 0.6) is 5.75 Å². The number of phenols is 1. The summed E-state index contributed by atoms with van der Waals surface area (Å²) in [6, 6.07) is 5.04. The fraction of sp³-hybridized carbons (Fsp3) is 0.500. The third-order valence-electron chi connectivity index (χ3n) is 2.31. The van der Waals surface area contributed by atoms with Gasteiger partial charge in [-0.1, -0.05) is 0 Å². The molecule has 0 saturated carbocycles. The molecule has 0 aromatic heterocycles. The first-order valence-corrected chi connectivity index (χ1v) is 6.03. The monoisotopic (exact) mass is 288 g/mol. The summed E-state index contributed by atoms with van der Waals surface area (Å²) in [7, 11) is 0. The van der Waals surface area contributed by atoms with Crippen molar-refractivity contribution in [3.05, 3.63) is 34.4 Å². The summed E-state index contributed by atoms with van der Waals surface area (Å²) in [6.45, 7) is 1.75. The zero-order valence-electron chi connectivity index (χ0n) is 11.1. The van der Waals surface area contributed by atoms with E-state index in [1.807, 2.05) is 0 Å². The molecule has 0 atom stereocenters. The molecule has 1 aromatic carbocycles. The van der Waals surface area contributed by atoms with Crippen LogP contribution >= 0.6 is 0 Å². The molecule has 0 fully saturated rings. The smallest absolute Gasteiger partial charge is 0.269 e. The maximum Gasteiger partial charge on any atom is 0.269 e. The molecule has 0 aliphatic carbocycles. The van der Waals surface area contributed by atoms with Crippen molar-refractivity contribution in [1.29, 1.82) is 0 Å². The Balaban J connectivity index is 0.000000361. The van der Waals surface area contributed by atoms with Crippen molar-refractivity contribution in [2.75, 3.05) is 39.5 Å². The highest BCUT2D eigenvalue weighted by molar-refractivity contribution is 5.34. The number of phenolic OH excluding ortho intramolecular Hbond substituents is 1. The van der Waals surface area contributed by atoms with Gasteiger partial charge in [0, 0.05) is 31.8 Å². The second-order valence-electron chi connectivity index (χ2n) is 3.79. The topological polar surface area (TPSA) is 127 Å². The van der Waals surface area contributed by atoms with E-state index < -0.39 is 4.92 Å². The SMILES string of the molecule is O=[N+]([O-])c1ccc(O)cc1.OCCN(CCO)CCO. The first-order valence-electron chi connectivity index (χ1n) is 6.03. The van der Waals surface area contributed by atoms with Crippen molar-refractivity contribution < 1.29 is 25.3 Å². The minimum absolute atomic E-state index is 0.0159. The van der Waals surface area contributed by atoms with Crippen molar-refractivity contribution in [3.63, 3.8) is 0 Å². The van der Waals surface area contributed by atoms with E-state index in [1.54, 1.807) is 4.90 Å². The molecule has 0 spiro atoms. The lowest BCUT2D eigenvalue weighted by atomic mass is 10.3. The Morgan fingerprint density at radius 3 is 1.65 bits per heavy atom. The van der Waals surface area contributed by atoms with Crippen LogP contribution < -0.4 is 0 Å². The first-order chi connectivity index (χ1) is 9.54. The number of nitrogens with zero attached hydrogens (tertiary/aromatic N) is 2. The maximum atomic E-state index is 10.0. The molecule has 1 aromatic rings. The lowest BCUT2D eigenvalue weighted by molar-refractivity contribution is -0.384. The minimum Gasteiger partial charge on any atom is -0.508 e. The fourth-order valence-electron chi connectivity index (χ4n) is 1.33. The molecule has 0 bridgehead atoms. The van der Waals surface area contributed by atoms with Gasteiger partial charge >= 0.3 is 0 Å². The van der Waals surface area contributed by atoms with Gasteiger partial charge < -0.3 is 20.4 Å². The van der Waals surface area contributed by atoms with Crippen molar-refractivity contribution >= 4 is 5.69 Å². The van der Waals surface area contributed by atoms with Crippen LogP contribution in [0.4, 0.5) is 5.69 Å². The summed E-state index contributed by atoms with van der Waals surface area (Å²) in [5.74, 6) is 0.0330. The summed E-state index contributed by atoms with van der Waals surface area (Å²) >= 11 is 0. The average molecular weight is 288 g/mol. The van der Waals surface area contributed by atoms with E-state index in [9.17, 15) is 10.1 Å². The number of nitro benzene ring substituents is 1. The Hall–Kier alpha value is -1.74. The second-order valence-corrected chi connectivity index (χ2v) is 3.79. The molecule has 20 heavy (non-hydrogen) atoms. The number of benzene rings is 1. The van der Waals surface area contributed by atoms with E-state index in [4.69, 9.17) is 20.4 Å². The molecule has 1 rings (SSSR count). The predicted octanol–water partition coefficient (Wildman–Crippen LogP) is -0.434. The zero-order valence-corrected chi connectivity index (χ0v) is 11.1. The number of hydrogen-bond donors (Lipinski definition) is 4. The first kappa shape index (κ1) is 18.3. The van der Waals surface area contributed by atoms with Gasteiger partial charge in [0.1, 0.15) is 5.75 Å². The van der Waals surface area contributed by atoms with Crippen LogP contribution in [0, 0.1) is 10.1 Å². The molecule has 114 valence electrons. The van der Waals surface area contributed by atoms with Gasteiger partial charge in [0.2, 0.25) is 0 Å². The van der Waals surface area contributed by atoms with E-state index in [2.05, 4.69) is 0 Å². The summed E-state index contributed by atoms with van der Waals surface area (Å²) < 4.78 is 0. The van der Waals surface area contributed by atoms with Crippen molar-refractivity contribution in [2.45, 2.75) is 0 Å². The molecule has 4 N–H and O–H groups in total. The standard InChI is InChI=1S/C6H5NO3.C6H15NO3/c8-6-3-1-5(2-4-6)7(9)10;8-4-1-7(2-5-9)3-6-10/h1-4,8H;8-10H,1-6H2.